The van der Waals surface area contributed by atoms with Crippen molar-refractivity contribution in [1.29, 1.82) is 0 Å². The molecule has 1 heterocycles. The molecule has 1 atom stereocenters. The van der Waals surface area contributed by atoms with Gasteiger partial charge in [0.1, 0.15) is 0 Å². The number of aromatic amines is 1. The minimum absolute atomic E-state index is 0.153. The number of aromatic nitrogens is 1. The Balaban J connectivity index is 2.98. The van der Waals surface area contributed by atoms with E-state index in [1.807, 2.05) is 5.16 Å². The normalized spacial score (nSPS) is 15.4. The van der Waals surface area contributed by atoms with Crippen molar-refractivity contribution >= 4 is 0 Å². The van der Waals surface area contributed by atoms with Gasteiger partial charge in [-0.05, 0) is 0 Å². The molecule has 0 aromatic carbocycles. The first-order chi connectivity index (χ1) is 4.20. The number of nitrogens with one attached hydrogen (secondary N) is 1. The lowest BCUT2D eigenvalue weighted by Gasteiger charge is -1.77. The zero-order valence-corrected chi connectivity index (χ0v) is 4.05. The molecule has 0 spiro atoms. The fourth-order valence-corrected chi connectivity index (χ4v) is 0.379. The van der Waals surface area contributed by atoms with Crippen molar-refractivity contribution in [2.75, 3.05) is 0 Å². The molecule has 8 heavy (non-hydrogen) atoms. The van der Waals surface area contributed by atoms with E-state index < -0.39 is 6.52 Å². The van der Waals surface area contributed by atoms with Crippen LogP contribution in [0.4, 0.5) is 0 Å². The average molecular weight is 116 g/mol. The van der Waals surface area contributed by atoms with Crippen molar-refractivity contribution in [3.63, 3.8) is 0 Å². The summed E-state index contributed by atoms with van der Waals surface area (Å²) in [5.41, 5.74) is 4.67. The molecule has 0 radical (unpaired) electrons. The van der Waals surface area contributed by atoms with E-state index in [-0.39, 0.29) is 11.3 Å². The molecule has 1 unspecified atom stereocenters. The average Bonchev–Trinajstić information content (AvgIpc) is 2.14. The minimum atomic E-state index is -0.969. The molecule has 1 rings (SSSR count). The molecule has 3 N–H and O–H groups in total. The maximum Gasteiger partial charge on any atom is 0.280 e. The van der Waals surface area contributed by atoms with E-state index in [2.05, 4.69) is 4.52 Å². The molecule has 44 valence electrons. The second-order valence-corrected chi connectivity index (χ2v) is 1.28. The second-order valence-electron chi connectivity index (χ2n) is 1.28. The first-order valence-electron chi connectivity index (χ1n) is 2.64. The molecular formula is C4H6N2O2. The Hall–Kier alpha value is -1.03. The quantitative estimate of drug-likeness (QED) is 0.516. The lowest BCUT2D eigenvalue weighted by Crippen LogP contribution is -1.95. The summed E-state index contributed by atoms with van der Waals surface area (Å²) in [7, 11) is 0. The Morgan fingerprint density at radius 3 is 3.12 bits per heavy atom. The largest absolute Gasteiger partial charge is 0.382 e. The van der Waals surface area contributed by atoms with Crippen LogP contribution in [-0.2, 0) is 6.52 Å². The fourth-order valence-electron chi connectivity index (χ4n) is 0.379. The van der Waals surface area contributed by atoms with E-state index in [1.165, 1.54) is 0 Å². The molecule has 0 bridgehead atoms. The Morgan fingerprint density at radius 2 is 2.88 bits per heavy atom. The molecule has 0 amide bonds. The highest BCUT2D eigenvalue weighted by atomic mass is 16.5. The number of H-pyrrole nitrogens is 1. The van der Waals surface area contributed by atoms with Gasteiger partial charge in [0.15, 0.2) is 5.76 Å². The Labute approximate surface area is 46.7 Å². The van der Waals surface area contributed by atoms with Gasteiger partial charge in [0.05, 0.1) is 7.89 Å². The first kappa shape index (κ1) is 3.91. The summed E-state index contributed by atoms with van der Waals surface area (Å²) >= 11 is 0. The third-order valence-electron chi connectivity index (χ3n) is 0.707. The van der Waals surface area contributed by atoms with Gasteiger partial charge in [-0.3, -0.25) is 4.79 Å². The molecule has 0 saturated heterocycles. The highest BCUT2D eigenvalue weighted by molar-refractivity contribution is 4.91. The topological polar surface area (TPSA) is 72.0 Å². The number of hydrogen-bond acceptors (Lipinski definition) is 3. The molecule has 1 aromatic heterocycles. The van der Waals surface area contributed by atoms with E-state index in [1.54, 1.807) is 0 Å². The van der Waals surface area contributed by atoms with Gasteiger partial charge in [0, 0.05) is 6.07 Å². The van der Waals surface area contributed by atoms with Gasteiger partial charge >= 0.3 is 0 Å². The Kier molecular flexibility index (Phi) is 0.896. The third kappa shape index (κ3) is 0.788. The van der Waals surface area contributed by atoms with Crippen LogP contribution < -0.4 is 11.3 Å². The molecule has 0 fully saturated rings. The van der Waals surface area contributed by atoms with Gasteiger partial charge in [-0.1, -0.05) is 0 Å². The first-order valence-corrected chi connectivity index (χ1v) is 2.06. The smallest absolute Gasteiger partial charge is 0.280 e. The van der Waals surface area contributed by atoms with Crippen LogP contribution in [-0.4, -0.2) is 5.16 Å². The van der Waals surface area contributed by atoms with Crippen molar-refractivity contribution < 1.29 is 5.89 Å². The predicted molar refractivity (Wildman–Crippen MR) is 27.2 cm³/mol. The van der Waals surface area contributed by atoms with Gasteiger partial charge in [-0.2, -0.15) is 5.16 Å². The van der Waals surface area contributed by atoms with E-state index in [4.69, 9.17) is 7.10 Å². The van der Waals surface area contributed by atoms with Crippen LogP contribution in [0, 0.1) is 0 Å². The Bertz CT molecular complexity index is 239. The molecule has 0 saturated carbocycles. The summed E-state index contributed by atoms with van der Waals surface area (Å²) in [6.45, 7) is -0.969. The van der Waals surface area contributed by atoms with Gasteiger partial charge in [-0.25, -0.2) is 0 Å². The van der Waals surface area contributed by atoms with Crippen molar-refractivity contribution in [3.05, 3.63) is 22.2 Å². The summed E-state index contributed by atoms with van der Waals surface area (Å²) in [6, 6.07) is 1.15. The van der Waals surface area contributed by atoms with Crippen LogP contribution in [0.1, 0.15) is 7.13 Å². The van der Waals surface area contributed by atoms with E-state index >= 15 is 0 Å². The maximum atomic E-state index is 10.3. The zero-order chi connectivity index (χ0) is 6.85. The number of nitrogens with two attached hydrogens (primary N) is 1. The molecular weight excluding hydrogens is 108 g/mol. The van der Waals surface area contributed by atoms with E-state index in [9.17, 15) is 4.79 Å². The van der Waals surface area contributed by atoms with Crippen LogP contribution in [0.25, 0.3) is 0 Å². The van der Waals surface area contributed by atoms with Crippen LogP contribution in [0.2, 0.25) is 0 Å². The highest BCUT2D eigenvalue weighted by Crippen LogP contribution is 1.86. The van der Waals surface area contributed by atoms with Gasteiger partial charge in [0.2, 0.25) is 0 Å². The van der Waals surface area contributed by atoms with Gasteiger partial charge in [-0.15, -0.1) is 0 Å². The molecule has 4 heteroatoms. The molecule has 0 aliphatic carbocycles. The van der Waals surface area contributed by atoms with Gasteiger partial charge in [0.25, 0.3) is 5.56 Å². The highest BCUT2D eigenvalue weighted by Gasteiger charge is 1.91. The third-order valence-corrected chi connectivity index (χ3v) is 0.707. The second kappa shape index (κ2) is 1.83. The summed E-state index contributed by atoms with van der Waals surface area (Å²) in [4.78, 5) is 10.3. The molecule has 4 nitrogen and oxygen atoms in total. The molecule has 0 aliphatic rings. The van der Waals surface area contributed by atoms with Crippen molar-refractivity contribution in [2.24, 2.45) is 5.73 Å². The van der Waals surface area contributed by atoms with Crippen molar-refractivity contribution in [3.8, 4) is 0 Å². The van der Waals surface area contributed by atoms with Crippen LogP contribution in [0.15, 0.2) is 15.4 Å². The predicted octanol–water partition coefficient (Wildman–Crippen LogP) is -0.573. The van der Waals surface area contributed by atoms with E-state index in [0.29, 0.717) is 0 Å². The maximum absolute atomic E-state index is 10.3. The monoisotopic (exact) mass is 116 g/mol. The summed E-state index contributed by atoms with van der Waals surface area (Å²) in [5, 5.41) is 2.02. The summed E-state index contributed by atoms with van der Waals surface area (Å²) < 4.78 is 11.3. The van der Waals surface area contributed by atoms with Gasteiger partial charge < -0.3 is 10.3 Å². The van der Waals surface area contributed by atoms with Crippen molar-refractivity contribution in [2.45, 2.75) is 6.52 Å². The minimum Gasteiger partial charge on any atom is -0.382 e. The van der Waals surface area contributed by atoms with Crippen LogP contribution in [0.3, 0.4) is 0 Å². The van der Waals surface area contributed by atoms with Crippen LogP contribution in [0.5, 0.6) is 0 Å². The summed E-state index contributed by atoms with van der Waals surface area (Å²) in [5.74, 6) is 0.153. The summed E-state index contributed by atoms with van der Waals surface area (Å²) in [6.07, 6.45) is 0. The number of hydrogen-bond donors (Lipinski definition) is 2. The fraction of sp³-hybridized carbons (Fsp3) is 0.250. The van der Waals surface area contributed by atoms with Crippen molar-refractivity contribution in [1.82, 2.24) is 5.16 Å². The molecule has 0 aliphatic heterocycles. The lowest BCUT2D eigenvalue weighted by atomic mass is 10.5. The Morgan fingerprint density at radius 1 is 2.12 bits per heavy atom. The SMILES string of the molecule is [3H]C(N)c1cc(=O)[nH]o1. The van der Waals surface area contributed by atoms with Crippen LogP contribution >= 0.6 is 0 Å². The number of rotatable bonds is 1. The lowest BCUT2D eigenvalue weighted by molar-refractivity contribution is 0.380. The zero-order valence-electron chi connectivity index (χ0n) is 5.05. The molecule has 1 aromatic rings. The van der Waals surface area contributed by atoms with E-state index in [0.717, 1.165) is 6.07 Å². The standard InChI is InChI=1S/C4H6N2O2/c5-2-3-1-4(7)6-8-3/h1H,2,5H2,(H,6,7)/i2T.